The number of hydrogen-bond donors (Lipinski definition) is 0. The number of methoxy groups -OCH3 is 2. The van der Waals surface area contributed by atoms with Crippen LogP contribution in [0, 0.1) is 0 Å². The van der Waals surface area contributed by atoms with E-state index in [1.54, 1.807) is 44.4 Å². The lowest BCUT2D eigenvalue weighted by Crippen LogP contribution is -2.11. The van der Waals surface area contributed by atoms with Crippen LogP contribution < -0.4 is 18.9 Å². The number of carbonyl (C=O) groups excluding carboxylic acids is 1. The van der Waals surface area contributed by atoms with Crippen LogP contribution in [-0.4, -0.2) is 49.4 Å². The average Bonchev–Trinajstić information content (AvgIpc) is 3.51. The minimum Gasteiger partial charge on any atom is -0.497 e. The van der Waals surface area contributed by atoms with Crippen molar-refractivity contribution in [2.75, 3.05) is 27.6 Å². The van der Waals surface area contributed by atoms with Gasteiger partial charge in [-0.3, -0.25) is 0 Å². The number of ether oxygens (including phenoxy) is 5. The normalized spacial score (nSPS) is 12.4. The number of esters is 1. The Hall–Kier alpha value is -4.28. The molecule has 1 aliphatic heterocycles. The first-order valence-corrected chi connectivity index (χ1v) is 9.84. The predicted molar refractivity (Wildman–Crippen MR) is 113 cm³/mol. The van der Waals surface area contributed by atoms with E-state index in [1.165, 1.54) is 7.11 Å². The first-order valence-electron chi connectivity index (χ1n) is 9.84. The van der Waals surface area contributed by atoms with E-state index in [0.29, 0.717) is 40.1 Å². The van der Waals surface area contributed by atoms with E-state index < -0.39 is 5.97 Å². The Morgan fingerprint density at radius 1 is 1.09 bits per heavy atom. The summed E-state index contributed by atoms with van der Waals surface area (Å²) in [7, 11) is 3.08. The third-order valence-electron chi connectivity index (χ3n) is 4.65. The van der Waals surface area contributed by atoms with Gasteiger partial charge < -0.3 is 33.0 Å². The molecule has 0 fully saturated rings. The number of benzene rings is 2. The number of aromatic nitrogens is 2. The van der Waals surface area contributed by atoms with E-state index in [-0.39, 0.29) is 25.9 Å². The minimum atomic E-state index is -0.640. The zero-order valence-corrected chi connectivity index (χ0v) is 18.2. The summed E-state index contributed by atoms with van der Waals surface area (Å²) in [6.07, 6.45) is 0. The molecular weight excluding hydrogens is 434 g/mol. The van der Waals surface area contributed by atoms with Crippen molar-refractivity contribution in [2.45, 2.75) is 13.5 Å². The van der Waals surface area contributed by atoms with Crippen molar-refractivity contribution in [3.63, 3.8) is 0 Å². The van der Waals surface area contributed by atoms with Gasteiger partial charge in [0, 0.05) is 11.6 Å². The van der Waals surface area contributed by atoms with Gasteiger partial charge in [0.05, 0.1) is 25.5 Å². The highest BCUT2D eigenvalue weighted by molar-refractivity contribution is 5.99. The molecule has 3 aromatic rings. The van der Waals surface area contributed by atoms with E-state index >= 15 is 0 Å². The highest BCUT2D eigenvalue weighted by atomic mass is 16.7. The molecule has 0 saturated carbocycles. The Bertz CT molecular complexity index is 1170. The molecule has 2 heterocycles. The number of fused-ring (bicyclic) bond motifs is 1. The van der Waals surface area contributed by atoms with Crippen LogP contribution in [0.1, 0.15) is 18.4 Å². The molecule has 0 unspecified atom stereocenters. The molecule has 4 rings (SSSR count). The monoisotopic (exact) mass is 455 g/mol. The van der Waals surface area contributed by atoms with Crippen molar-refractivity contribution < 1.29 is 37.8 Å². The number of nitrogens with zero attached hydrogens (tertiary/aromatic N) is 3. The van der Waals surface area contributed by atoms with Crippen molar-refractivity contribution in [1.82, 2.24) is 10.1 Å². The molecule has 0 radical (unpaired) electrons. The summed E-state index contributed by atoms with van der Waals surface area (Å²) >= 11 is 0. The van der Waals surface area contributed by atoms with E-state index in [4.69, 9.17) is 33.0 Å². The Balaban J connectivity index is 1.28. The quantitative estimate of drug-likeness (QED) is 0.270. The van der Waals surface area contributed by atoms with Gasteiger partial charge in [-0.2, -0.15) is 4.98 Å². The summed E-state index contributed by atoms with van der Waals surface area (Å²) in [4.78, 5) is 21.3. The van der Waals surface area contributed by atoms with Crippen molar-refractivity contribution in [1.29, 1.82) is 0 Å². The van der Waals surface area contributed by atoms with Gasteiger partial charge >= 0.3 is 5.97 Å². The zero-order chi connectivity index (χ0) is 23.2. The van der Waals surface area contributed by atoms with E-state index in [1.807, 2.05) is 6.07 Å². The first kappa shape index (κ1) is 21.9. The van der Waals surface area contributed by atoms with Gasteiger partial charge in [-0.25, -0.2) is 4.79 Å². The molecule has 33 heavy (non-hydrogen) atoms. The number of oxime groups is 1. The van der Waals surface area contributed by atoms with Crippen LogP contribution in [0.4, 0.5) is 0 Å². The maximum absolute atomic E-state index is 12.0. The van der Waals surface area contributed by atoms with Crippen LogP contribution in [-0.2, 0) is 21.0 Å². The molecule has 0 N–H and O–H groups in total. The molecule has 0 bridgehead atoms. The van der Waals surface area contributed by atoms with Gasteiger partial charge in [0.15, 0.2) is 18.1 Å². The lowest BCUT2D eigenvalue weighted by atomic mass is 10.1. The maximum Gasteiger partial charge on any atom is 0.347 e. The highest BCUT2D eigenvalue weighted by Gasteiger charge is 2.16. The second-order valence-corrected chi connectivity index (χ2v) is 6.76. The topological polar surface area (TPSA) is 124 Å². The lowest BCUT2D eigenvalue weighted by molar-refractivity contribution is -0.151. The minimum absolute atomic E-state index is 0.122. The Kier molecular flexibility index (Phi) is 6.58. The highest BCUT2D eigenvalue weighted by Crippen LogP contribution is 2.33. The molecule has 0 aliphatic carbocycles. The Morgan fingerprint density at radius 2 is 1.94 bits per heavy atom. The van der Waals surface area contributed by atoms with Crippen LogP contribution in [0.3, 0.4) is 0 Å². The molecule has 1 aromatic heterocycles. The molecule has 11 heteroatoms. The molecule has 2 aromatic carbocycles. The van der Waals surface area contributed by atoms with Crippen molar-refractivity contribution in [3.8, 4) is 34.4 Å². The second kappa shape index (κ2) is 9.90. The molecule has 0 saturated heterocycles. The molecule has 0 amide bonds. The summed E-state index contributed by atoms with van der Waals surface area (Å²) in [5.74, 6) is 2.22. The Labute approximate surface area is 188 Å². The lowest BCUT2D eigenvalue weighted by Gasteiger charge is -2.07. The SMILES string of the molecule is COc1ccc(-c2noc(COC(=O)CON=C(C)c3ccc4c(c3)OCO4)n2)c(OC)c1. The van der Waals surface area contributed by atoms with Crippen LogP contribution in [0.15, 0.2) is 46.1 Å². The smallest absolute Gasteiger partial charge is 0.347 e. The number of rotatable bonds is 9. The van der Waals surface area contributed by atoms with Gasteiger partial charge in [-0.15, -0.1) is 0 Å². The average molecular weight is 455 g/mol. The standard InChI is InChI=1S/C22H21N3O8/c1-13(14-4-7-17-19(8-14)31-12-30-17)24-32-11-21(26)29-10-20-23-22(25-33-20)16-6-5-15(27-2)9-18(16)28-3/h4-9H,10-12H2,1-3H3. The van der Waals surface area contributed by atoms with E-state index in [0.717, 1.165) is 5.56 Å². The van der Waals surface area contributed by atoms with Gasteiger partial charge in [0.1, 0.15) is 11.5 Å². The van der Waals surface area contributed by atoms with Gasteiger partial charge in [-0.1, -0.05) is 10.3 Å². The third-order valence-corrected chi connectivity index (χ3v) is 4.65. The molecule has 0 spiro atoms. The fraction of sp³-hybridized carbons (Fsp3) is 0.273. The molecule has 11 nitrogen and oxygen atoms in total. The third kappa shape index (κ3) is 5.14. The fourth-order valence-electron chi connectivity index (χ4n) is 2.95. The van der Waals surface area contributed by atoms with Crippen molar-refractivity contribution in [3.05, 3.63) is 47.9 Å². The Morgan fingerprint density at radius 3 is 2.76 bits per heavy atom. The van der Waals surface area contributed by atoms with Crippen molar-refractivity contribution in [2.24, 2.45) is 5.16 Å². The number of carbonyl (C=O) groups is 1. The molecule has 0 atom stereocenters. The number of hydrogen-bond acceptors (Lipinski definition) is 11. The summed E-state index contributed by atoms with van der Waals surface area (Å²) in [5.41, 5.74) is 1.95. The van der Waals surface area contributed by atoms with Crippen LogP contribution in [0.25, 0.3) is 11.4 Å². The molecule has 172 valence electrons. The van der Waals surface area contributed by atoms with E-state index in [9.17, 15) is 4.79 Å². The summed E-state index contributed by atoms with van der Waals surface area (Å²) < 4.78 is 31.4. The zero-order valence-electron chi connectivity index (χ0n) is 18.2. The van der Waals surface area contributed by atoms with Gasteiger partial charge in [-0.05, 0) is 37.3 Å². The summed E-state index contributed by atoms with van der Waals surface area (Å²) in [6, 6.07) is 10.6. The molecular formula is C22H21N3O8. The van der Waals surface area contributed by atoms with E-state index in [2.05, 4.69) is 15.3 Å². The predicted octanol–water partition coefficient (Wildman–Crippen LogP) is 2.97. The van der Waals surface area contributed by atoms with Crippen molar-refractivity contribution >= 4 is 11.7 Å². The summed E-state index contributed by atoms with van der Waals surface area (Å²) in [5, 5.41) is 7.84. The maximum atomic E-state index is 12.0. The fourth-order valence-corrected chi connectivity index (χ4v) is 2.95. The second-order valence-electron chi connectivity index (χ2n) is 6.76. The molecule has 1 aliphatic rings. The van der Waals surface area contributed by atoms with Crippen LogP contribution >= 0.6 is 0 Å². The van der Waals surface area contributed by atoms with Crippen LogP contribution in [0.5, 0.6) is 23.0 Å². The largest absolute Gasteiger partial charge is 0.497 e. The van der Waals surface area contributed by atoms with Gasteiger partial charge in [0.25, 0.3) is 5.89 Å². The first-order chi connectivity index (χ1) is 16.1. The van der Waals surface area contributed by atoms with Crippen LogP contribution in [0.2, 0.25) is 0 Å². The summed E-state index contributed by atoms with van der Waals surface area (Å²) in [6.45, 7) is 1.34. The van der Waals surface area contributed by atoms with Gasteiger partial charge in [0.2, 0.25) is 19.2 Å².